The molecule has 2 aliphatic rings. The van der Waals surface area contributed by atoms with E-state index in [0.717, 1.165) is 25.8 Å². The van der Waals surface area contributed by atoms with Crippen molar-refractivity contribution in [1.29, 1.82) is 0 Å². The average molecular weight is 310 g/mol. The number of aliphatic carboxylic acids is 1. The lowest BCUT2D eigenvalue weighted by Crippen LogP contribution is -2.46. The highest BCUT2D eigenvalue weighted by atomic mass is 16.4. The van der Waals surface area contributed by atoms with Crippen molar-refractivity contribution in [3.63, 3.8) is 0 Å². The number of carboxylic acids is 1. The van der Waals surface area contributed by atoms with Crippen molar-refractivity contribution in [1.82, 2.24) is 9.80 Å². The maximum Gasteiger partial charge on any atom is 0.308 e. The van der Waals surface area contributed by atoms with E-state index in [-0.39, 0.29) is 23.7 Å². The molecule has 0 saturated carbocycles. The van der Waals surface area contributed by atoms with Gasteiger partial charge in [-0.3, -0.25) is 14.4 Å². The predicted octanol–water partition coefficient (Wildman–Crippen LogP) is 1.20. The highest BCUT2D eigenvalue weighted by Gasteiger charge is 2.40. The number of likely N-dealkylation sites (tertiary alicyclic amines) is 2. The minimum atomic E-state index is -0.828. The van der Waals surface area contributed by atoms with Crippen molar-refractivity contribution in [3.05, 3.63) is 0 Å². The fourth-order valence-electron chi connectivity index (χ4n) is 3.50. The molecule has 1 unspecified atom stereocenters. The van der Waals surface area contributed by atoms with Crippen LogP contribution < -0.4 is 0 Å². The van der Waals surface area contributed by atoms with Gasteiger partial charge in [0.2, 0.25) is 11.8 Å². The molecule has 3 atom stereocenters. The fourth-order valence-corrected chi connectivity index (χ4v) is 3.50. The molecule has 2 saturated heterocycles. The Morgan fingerprint density at radius 1 is 1.14 bits per heavy atom. The van der Waals surface area contributed by atoms with E-state index in [1.165, 1.54) is 0 Å². The van der Waals surface area contributed by atoms with Crippen molar-refractivity contribution >= 4 is 17.8 Å². The first kappa shape index (κ1) is 16.8. The quantitative estimate of drug-likeness (QED) is 0.846. The smallest absolute Gasteiger partial charge is 0.308 e. The second kappa shape index (κ2) is 7.11. The molecule has 0 aliphatic carbocycles. The van der Waals surface area contributed by atoms with Crippen LogP contribution in [0, 0.1) is 17.8 Å². The topological polar surface area (TPSA) is 77.9 Å². The van der Waals surface area contributed by atoms with Gasteiger partial charge in [0, 0.05) is 32.6 Å². The second-order valence-corrected chi connectivity index (χ2v) is 6.59. The van der Waals surface area contributed by atoms with E-state index in [1.54, 1.807) is 9.80 Å². The molecular weight excluding hydrogens is 284 g/mol. The maximum atomic E-state index is 12.6. The number of hydrogen-bond donors (Lipinski definition) is 1. The average Bonchev–Trinajstić information content (AvgIpc) is 2.89. The molecule has 0 spiro atoms. The third-order valence-electron chi connectivity index (χ3n) is 4.83. The largest absolute Gasteiger partial charge is 0.481 e. The summed E-state index contributed by atoms with van der Waals surface area (Å²) >= 11 is 0. The SMILES string of the molecule is CCCC(=O)N1CCCC(C(=O)N2C[C@@H](C)[C@H](C(=O)O)C2)C1. The first-order chi connectivity index (χ1) is 10.4. The van der Waals surface area contributed by atoms with E-state index in [2.05, 4.69) is 0 Å². The Balaban J connectivity index is 1.95. The first-order valence-corrected chi connectivity index (χ1v) is 8.23. The van der Waals surface area contributed by atoms with E-state index in [1.807, 2.05) is 13.8 Å². The van der Waals surface area contributed by atoms with Gasteiger partial charge in [0.05, 0.1) is 11.8 Å². The van der Waals surface area contributed by atoms with E-state index in [0.29, 0.717) is 26.1 Å². The first-order valence-electron chi connectivity index (χ1n) is 8.23. The summed E-state index contributed by atoms with van der Waals surface area (Å²) in [4.78, 5) is 39.3. The van der Waals surface area contributed by atoms with Gasteiger partial charge in [-0.2, -0.15) is 0 Å². The summed E-state index contributed by atoms with van der Waals surface area (Å²) < 4.78 is 0. The normalized spacial score (nSPS) is 28.7. The summed E-state index contributed by atoms with van der Waals surface area (Å²) in [6.45, 7) is 5.88. The van der Waals surface area contributed by atoms with Gasteiger partial charge in [0.25, 0.3) is 0 Å². The Labute approximate surface area is 131 Å². The molecule has 0 bridgehead atoms. The molecule has 2 rings (SSSR count). The Bertz CT molecular complexity index is 451. The standard InChI is InChI=1S/C16H26N2O4/c1-3-5-14(19)17-7-4-6-12(9-17)15(20)18-8-11(2)13(10-18)16(21)22/h11-13H,3-10H2,1-2H3,(H,21,22)/t11-,12?,13-/m1/s1. The number of amides is 2. The highest BCUT2D eigenvalue weighted by molar-refractivity contribution is 5.82. The number of hydrogen-bond acceptors (Lipinski definition) is 3. The van der Waals surface area contributed by atoms with E-state index < -0.39 is 11.9 Å². The Morgan fingerprint density at radius 2 is 1.86 bits per heavy atom. The molecule has 2 fully saturated rings. The van der Waals surface area contributed by atoms with E-state index >= 15 is 0 Å². The Morgan fingerprint density at radius 3 is 2.45 bits per heavy atom. The predicted molar refractivity (Wildman–Crippen MR) is 81.1 cm³/mol. The number of carboxylic acid groups (broad SMARTS) is 1. The van der Waals surface area contributed by atoms with E-state index in [9.17, 15) is 19.5 Å². The van der Waals surface area contributed by atoms with Crippen LogP contribution >= 0.6 is 0 Å². The van der Waals surface area contributed by atoms with Crippen molar-refractivity contribution in [2.75, 3.05) is 26.2 Å². The zero-order valence-electron chi connectivity index (χ0n) is 13.5. The summed E-state index contributed by atoms with van der Waals surface area (Å²) in [7, 11) is 0. The van der Waals surface area contributed by atoms with Gasteiger partial charge in [0.15, 0.2) is 0 Å². The van der Waals surface area contributed by atoms with Crippen molar-refractivity contribution in [2.24, 2.45) is 17.8 Å². The minimum absolute atomic E-state index is 0.0112. The van der Waals surface area contributed by atoms with Crippen LogP contribution in [0.25, 0.3) is 0 Å². The van der Waals surface area contributed by atoms with Gasteiger partial charge < -0.3 is 14.9 Å². The van der Waals surface area contributed by atoms with Gasteiger partial charge in [0.1, 0.15) is 0 Å². The van der Waals surface area contributed by atoms with Crippen LogP contribution in [0.15, 0.2) is 0 Å². The molecule has 0 aromatic rings. The number of rotatable bonds is 4. The highest BCUT2D eigenvalue weighted by Crippen LogP contribution is 2.27. The summed E-state index contributed by atoms with van der Waals surface area (Å²) in [5.41, 5.74) is 0. The third-order valence-corrected chi connectivity index (χ3v) is 4.83. The molecule has 2 heterocycles. The number of carbonyl (C=O) groups is 3. The molecule has 2 amide bonds. The van der Waals surface area contributed by atoms with Crippen molar-refractivity contribution in [3.8, 4) is 0 Å². The number of carbonyl (C=O) groups excluding carboxylic acids is 2. The van der Waals surface area contributed by atoms with Crippen LogP contribution in [-0.2, 0) is 14.4 Å². The molecule has 0 aromatic carbocycles. The summed E-state index contributed by atoms with van der Waals surface area (Å²) in [6, 6.07) is 0. The lowest BCUT2D eigenvalue weighted by molar-refractivity contribution is -0.142. The summed E-state index contributed by atoms with van der Waals surface area (Å²) in [6.07, 6.45) is 2.98. The summed E-state index contributed by atoms with van der Waals surface area (Å²) in [5.74, 6) is -1.34. The van der Waals surface area contributed by atoms with Gasteiger partial charge in [-0.05, 0) is 25.2 Å². The van der Waals surface area contributed by atoms with Crippen LogP contribution in [0.5, 0.6) is 0 Å². The maximum absolute atomic E-state index is 12.6. The fraction of sp³-hybridized carbons (Fsp3) is 0.812. The zero-order chi connectivity index (χ0) is 16.3. The molecular formula is C16H26N2O4. The molecule has 124 valence electrons. The molecule has 22 heavy (non-hydrogen) atoms. The number of piperidine rings is 1. The Kier molecular flexibility index (Phi) is 5.42. The van der Waals surface area contributed by atoms with Crippen molar-refractivity contribution in [2.45, 2.75) is 39.5 Å². The molecule has 0 radical (unpaired) electrons. The second-order valence-electron chi connectivity index (χ2n) is 6.59. The monoisotopic (exact) mass is 310 g/mol. The van der Waals surface area contributed by atoms with E-state index in [4.69, 9.17) is 0 Å². The van der Waals surface area contributed by atoms with Crippen LogP contribution in [-0.4, -0.2) is 58.9 Å². The lowest BCUT2D eigenvalue weighted by atomic mass is 9.96. The minimum Gasteiger partial charge on any atom is -0.481 e. The van der Waals surface area contributed by atoms with Gasteiger partial charge >= 0.3 is 5.97 Å². The zero-order valence-corrected chi connectivity index (χ0v) is 13.5. The molecule has 6 nitrogen and oxygen atoms in total. The van der Waals surface area contributed by atoms with Crippen LogP contribution in [0.2, 0.25) is 0 Å². The molecule has 0 aromatic heterocycles. The van der Waals surface area contributed by atoms with Crippen LogP contribution in [0.1, 0.15) is 39.5 Å². The Hall–Kier alpha value is -1.59. The van der Waals surface area contributed by atoms with Crippen LogP contribution in [0.4, 0.5) is 0 Å². The summed E-state index contributed by atoms with van der Waals surface area (Å²) in [5, 5.41) is 9.18. The van der Waals surface area contributed by atoms with Crippen LogP contribution in [0.3, 0.4) is 0 Å². The van der Waals surface area contributed by atoms with Gasteiger partial charge in [-0.25, -0.2) is 0 Å². The van der Waals surface area contributed by atoms with Gasteiger partial charge in [-0.1, -0.05) is 13.8 Å². The van der Waals surface area contributed by atoms with Gasteiger partial charge in [-0.15, -0.1) is 0 Å². The third kappa shape index (κ3) is 3.59. The molecule has 6 heteroatoms. The number of nitrogens with zero attached hydrogens (tertiary/aromatic N) is 2. The molecule has 2 aliphatic heterocycles. The van der Waals surface area contributed by atoms with Crippen molar-refractivity contribution < 1.29 is 19.5 Å². The lowest BCUT2D eigenvalue weighted by Gasteiger charge is -2.34. The molecule has 1 N–H and O–H groups in total.